The summed E-state index contributed by atoms with van der Waals surface area (Å²) in [6, 6.07) is 10.6. The average Bonchev–Trinajstić information content (AvgIpc) is 3.40. The van der Waals surface area contributed by atoms with E-state index in [9.17, 15) is 4.79 Å². The lowest BCUT2D eigenvalue weighted by atomic mass is 9.71. The Bertz CT molecular complexity index is 835. The number of carbonyl (C=O) groups excluding carboxylic acids is 1. The Kier molecular flexibility index (Phi) is 4.50. The zero-order chi connectivity index (χ0) is 19.1. The van der Waals surface area contributed by atoms with Crippen molar-refractivity contribution in [2.45, 2.75) is 45.1 Å². The lowest BCUT2D eigenvalue weighted by Gasteiger charge is -2.51. The molecule has 1 aromatic heterocycles. The topological polar surface area (TPSA) is 49.6 Å². The van der Waals surface area contributed by atoms with Gasteiger partial charge in [-0.25, -0.2) is 4.98 Å². The van der Waals surface area contributed by atoms with Gasteiger partial charge in [-0.05, 0) is 25.3 Å². The molecule has 0 N–H and O–H groups in total. The minimum atomic E-state index is 0.0837. The second-order valence-electron chi connectivity index (χ2n) is 9.06. The van der Waals surface area contributed by atoms with Gasteiger partial charge in [0, 0.05) is 44.1 Å². The summed E-state index contributed by atoms with van der Waals surface area (Å²) in [4.78, 5) is 22.0. The van der Waals surface area contributed by atoms with Crippen LogP contribution in [0.3, 0.4) is 0 Å². The van der Waals surface area contributed by atoms with E-state index in [-0.39, 0.29) is 17.3 Å². The smallest absolute Gasteiger partial charge is 0.225 e. The van der Waals surface area contributed by atoms with Crippen molar-refractivity contribution in [3.8, 4) is 0 Å². The van der Waals surface area contributed by atoms with E-state index in [1.165, 1.54) is 18.4 Å². The largest absolute Gasteiger partial charge is 0.446 e. The van der Waals surface area contributed by atoms with E-state index >= 15 is 0 Å². The molecule has 1 amide bonds. The molecule has 3 aliphatic rings. The monoisotopic (exact) mass is 379 g/mol. The van der Waals surface area contributed by atoms with E-state index in [0.29, 0.717) is 5.91 Å². The van der Waals surface area contributed by atoms with Crippen molar-refractivity contribution in [3.05, 3.63) is 53.7 Å². The Morgan fingerprint density at radius 2 is 1.93 bits per heavy atom. The summed E-state index contributed by atoms with van der Waals surface area (Å²) in [5.74, 6) is 2.62. The van der Waals surface area contributed by atoms with Crippen LogP contribution in [0.1, 0.15) is 48.8 Å². The first-order chi connectivity index (χ1) is 13.6. The maximum Gasteiger partial charge on any atom is 0.225 e. The number of likely N-dealkylation sites (tertiary alicyclic amines) is 2. The van der Waals surface area contributed by atoms with Crippen molar-refractivity contribution in [2.75, 3.05) is 26.2 Å². The van der Waals surface area contributed by atoms with Gasteiger partial charge in [-0.15, -0.1) is 0 Å². The van der Waals surface area contributed by atoms with Crippen LogP contribution in [0.15, 0.2) is 40.9 Å². The molecular formula is C23H29N3O2. The quantitative estimate of drug-likeness (QED) is 0.814. The average molecular weight is 380 g/mol. The standard InChI is InChI=1S/C23H29N3O2/c1-17-11-24-21(28-17)20-13-25(12-18-7-3-2-4-8-18)14-23(20)15-26(16-23)22(27)19-9-5-6-10-19/h2-4,7-8,11,19-20H,5-6,9-10,12-16H2,1H3. The third-order valence-electron chi connectivity index (χ3n) is 6.93. The van der Waals surface area contributed by atoms with Crippen LogP contribution in [0.2, 0.25) is 0 Å². The first kappa shape index (κ1) is 17.9. The first-order valence-electron chi connectivity index (χ1n) is 10.6. The van der Waals surface area contributed by atoms with Crippen LogP contribution in [0.25, 0.3) is 0 Å². The van der Waals surface area contributed by atoms with Crippen LogP contribution in [-0.4, -0.2) is 46.9 Å². The van der Waals surface area contributed by atoms with Gasteiger partial charge in [0.05, 0.1) is 12.1 Å². The van der Waals surface area contributed by atoms with Gasteiger partial charge in [-0.2, -0.15) is 0 Å². The minimum absolute atomic E-state index is 0.0837. The number of hydrogen-bond donors (Lipinski definition) is 0. The molecule has 1 aromatic carbocycles. The zero-order valence-electron chi connectivity index (χ0n) is 16.6. The predicted octanol–water partition coefficient (Wildman–Crippen LogP) is 3.60. The van der Waals surface area contributed by atoms with Crippen LogP contribution >= 0.6 is 0 Å². The summed E-state index contributed by atoms with van der Waals surface area (Å²) in [7, 11) is 0. The van der Waals surface area contributed by atoms with Crippen LogP contribution in [0.4, 0.5) is 0 Å². The summed E-state index contributed by atoms with van der Waals surface area (Å²) in [5.41, 5.74) is 1.42. The molecule has 5 nitrogen and oxygen atoms in total. The molecule has 2 aromatic rings. The summed E-state index contributed by atoms with van der Waals surface area (Å²) in [5, 5.41) is 0. The van der Waals surface area contributed by atoms with Crippen LogP contribution in [-0.2, 0) is 11.3 Å². The number of amides is 1. The molecule has 1 saturated carbocycles. The van der Waals surface area contributed by atoms with Gasteiger partial charge >= 0.3 is 0 Å². The summed E-state index contributed by atoms with van der Waals surface area (Å²) in [6.45, 7) is 6.54. The zero-order valence-corrected chi connectivity index (χ0v) is 16.6. The number of carbonyl (C=O) groups is 1. The molecule has 148 valence electrons. The van der Waals surface area contributed by atoms with Gasteiger partial charge in [0.25, 0.3) is 0 Å². The summed E-state index contributed by atoms with van der Waals surface area (Å²) >= 11 is 0. The molecule has 0 radical (unpaired) electrons. The van der Waals surface area contributed by atoms with Crippen molar-refractivity contribution in [3.63, 3.8) is 0 Å². The fourth-order valence-corrected chi connectivity index (χ4v) is 5.53. The lowest BCUT2D eigenvalue weighted by molar-refractivity contribution is -0.148. The number of oxazole rings is 1. The van der Waals surface area contributed by atoms with Crippen molar-refractivity contribution in [1.82, 2.24) is 14.8 Å². The highest BCUT2D eigenvalue weighted by Crippen LogP contribution is 2.50. The summed E-state index contributed by atoms with van der Waals surface area (Å²) < 4.78 is 5.95. The van der Waals surface area contributed by atoms with Gasteiger partial charge < -0.3 is 9.32 Å². The predicted molar refractivity (Wildman–Crippen MR) is 107 cm³/mol. The second kappa shape index (κ2) is 7.03. The Labute approximate surface area is 166 Å². The molecule has 3 heterocycles. The van der Waals surface area contributed by atoms with Crippen molar-refractivity contribution in [1.29, 1.82) is 0 Å². The lowest BCUT2D eigenvalue weighted by Crippen LogP contribution is -2.62. The molecule has 5 heteroatoms. The number of benzene rings is 1. The van der Waals surface area contributed by atoms with Gasteiger partial charge in [-0.1, -0.05) is 43.2 Å². The molecule has 0 bridgehead atoms. The fourth-order valence-electron chi connectivity index (χ4n) is 5.53. The van der Waals surface area contributed by atoms with E-state index in [1.54, 1.807) is 0 Å². The van der Waals surface area contributed by atoms with Crippen molar-refractivity contribution in [2.24, 2.45) is 11.3 Å². The highest BCUT2D eigenvalue weighted by atomic mass is 16.4. The molecule has 1 atom stereocenters. The Morgan fingerprint density at radius 1 is 1.18 bits per heavy atom. The fraction of sp³-hybridized carbons (Fsp3) is 0.565. The number of aromatic nitrogens is 1. The van der Waals surface area contributed by atoms with Gasteiger partial charge in [0.2, 0.25) is 5.91 Å². The number of rotatable bonds is 4. The molecule has 5 rings (SSSR count). The Morgan fingerprint density at radius 3 is 2.61 bits per heavy atom. The Hall–Kier alpha value is -2.14. The van der Waals surface area contributed by atoms with Gasteiger partial charge in [-0.3, -0.25) is 9.69 Å². The maximum absolute atomic E-state index is 12.9. The molecule has 1 aliphatic carbocycles. The van der Waals surface area contributed by atoms with Crippen molar-refractivity contribution >= 4 is 5.91 Å². The third-order valence-corrected chi connectivity index (χ3v) is 6.93. The summed E-state index contributed by atoms with van der Waals surface area (Å²) in [6.07, 6.45) is 6.38. The molecule has 1 unspecified atom stereocenters. The van der Waals surface area contributed by atoms with E-state index in [4.69, 9.17) is 4.42 Å². The molecule has 1 spiro atoms. The minimum Gasteiger partial charge on any atom is -0.446 e. The van der Waals surface area contributed by atoms with Gasteiger partial charge in [0.15, 0.2) is 5.89 Å². The number of nitrogens with zero attached hydrogens (tertiary/aromatic N) is 3. The number of aryl methyl sites for hydroxylation is 1. The van der Waals surface area contributed by atoms with E-state index in [1.807, 2.05) is 13.1 Å². The molecule has 2 saturated heterocycles. The van der Waals surface area contributed by atoms with Crippen LogP contribution in [0.5, 0.6) is 0 Å². The molecule has 3 fully saturated rings. The number of hydrogen-bond acceptors (Lipinski definition) is 4. The molecule has 28 heavy (non-hydrogen) atoms. The van der Waals surface area contributed by atoms with Crippen LogP contribution < -0.4 is 0 Å². The van der Waals surface area contributed by atoms with Crippen LogP contribution in [0, 0.1) is 18.3 Å². The first-order valence-corrected chi connectivity index (χ1v) is 10.6. The van der Waals surface area contributed by atoms with E-state index in [0.717, 1.165) is 57.2 Å². The SMILES string of the molecule is Cc1cnc(C2CN(Cc3ccccc3)CC23CN(C(=O)C2CCCC2)C3)o1. The maximum atomic E-state index is 12.9. The van der Waals surface area contributed by atoms with E-state index in [2.05, 4.69) is 45.1 Å². The normalized spacial score (nSPS) is 24.8. The highest BCUT2D eigenvalue weighted by molar-refractivity contribution is 5.80. The second-order valence-corrected chi connectivity index (χ2v) is 9.06. The highest BCUT2D eigenvalue weighted by Gasteiger charge is 2.57. The van der Waals surface area contributed by atoms with Gasteiger partial charge in [0.1, 0.15) is 5.76 Å². The molecular weight excluding hydrogens is 350 g/mol. The third kappa shape index (κ3) is 3.16. The van der Waals surface area contributed by atoms with E-state index < -0.39 is 0 Å². The molecule has 2 aliphatic heterocycles. The Balaban J connectivity index is 1.33. The van der Waals surface area contributed by atoms with Crippen molar-refractivity contribution < 1.29 is 9.21 Å².